The molecule has 2 atom stereocenters. The van der Waals surface area contributed by atoms with Crippen LogP contribution in [-0.2, 0) is 9.84 Å². The Balaban J connectivity index is 2.71. The van der Waals surface area contributed by atoms with E-state index in [0.717, 1.165) is 0 Å². The summed E-state index contributed by atoms with van der Waals surface area (Å²) in [4.78, 5) is 0. The van der Waals surface area contributed by atoms with E-state index < -0.39 is 15.4 Å². The van der Waals surface area contributed by atoms with Crippen molar-refractivity contribution in [1.82, 2.24) is 0 Å². The fraction of sp³-hybridized carbons (Fsp3) is 1.00. The lowest BCUT2D eigenvalue weighted by molar-refractivity contribution is 0.200. The van der Waals surface area contributed by atoms with Gasteiger partial charge in [-0.05, 0) is 19.3 Å². The van der Waals surface area contributed by atoms with Gasteiger partial charge in [0, 0.05) is 11.3 Å². The molecule has 4 nitrogen and oxygen atoms in total. The van der Waals surface area contributed by atoms with E-state index in [0.29, 0.717) is 19.3 Å². The van der Waals surface area contributed by atoms with Crippen molar-refractivity contribution in [1.29, 1.82) is 0 Å². The summed E-state index contributed by atoms with van der Waals surface area (Å²) in [6.07, 6.45) is 1.60. The van der Waals surface area contributed by atoms with Crippen molar-refractivity contribution in [3.63, 3.8) is 0 Å². The Morgan fingerprint density at radius 2 is 2.23 bits per heavy atom. The molecule has 0 unspecified atom stereocenters. The smallest absolute Gasteiger partial charge is 0.152 e. The van der Waals surface area contributed by atoms with Gasteiger partial charge in [0.25, 0.3) is 0 Å². The molecule has 0 bridgehead atoms. The van der Waals surface area contributed by atoms with Gasteiger partial charge in [-0.25, -0.2) is 8.42 Å². The lowest BCUT2D eigenvalue weighted by atomic mass is 10.0. The first-order valence-electron chi connectivity index (χ1n) is 4.55. The van der Waals surface area contributed by atoms with Gasteiger partial charge in [-0.1, -0.05) is 6.92 Å². The van der Waals surface area contributed by atoms with E-state index in [9.17, 15) is 8.42 Å². The molecule has 0 heterocycles. The first kappa shape index (κ1) is 10.9. The zero-order valence-electron chi connectivity index (χ0n) is 7.86. The van der Waals surface area contributed by atoms with Crippen molar-refractivity contribution in [3.8, 4) is 0 Å². The van der Waals surface area contributed by atoms with Gasteiger partial charge in [0.15, 0.2) is 9.84 Å². The molecule has 3 N–H and O–H groups in total. The van der Waals surface area contributed by atoms with Gasteiger partial charge in [0.05, 0.1) is 11.9 Å². The summed E-state index contributed by atoms with van der Waals surface area (Å²) in [7, 11) is -2.97. The highest BCUT2D eigenvalue weighted by Crippen LogP contribution is 2.32. The van der Waals surface area contributed by atoms with Crippen LogP contribution in [0, 0.1) is 0 Å². The molecule has 5 heteroatoms. The third-order valence-electron chi connectivity index (χ3n) is 2.82. The topological polar surface area (TPSA) is 80.4 Å². The van der Waals surface area contributed by atoms with Gasteiger partial charge in [-0.2, -0.15) is 0 Å². The zero-order chi connectivity index (χ0) is 10.1. The van der Waals surface area contributed by atoms with Crippen molar-refractivity contribution < 1.29 is 13.5 Å². The van der Waals surface area contributed by atoms with E-state index in [1.807, 2.05) is 0 Å². The van der Waals surface area contributed by atoms with Crippen LogP contribution in [0.1, 0.15) is 26.2 Å². The Labute approximate surface area is 79.0 Å². The number of aliphatic hydroxyl groups excluding tert-OH is 1. The molecule has 0 spiro atoms. The van der Waals surface area contributed by atoms with Crippen molar-refractivity contribution in [2.24, 2.45) is 5.73 Å². The van der Waals surface area contributed by atoms with Crippen LogP contribution < -0.4 is 5.73 Å². The highest BCUT2D eigenvalue weighted by molar-refractivity contribution is 7.92. The Bertz CT molecular complexity index is 275. The molecule has 0 saturated heterocycles. The zero-order valence-corrected chi connectivity index (χ0v) is 8.68. The number of nitrogens with two attached hydrogens (primary N) is 1. The maximum atomic E-state index is 11.5. The van der Waals surface area contributed by atoms with Crippen LogP contribution in [0.5, 0.6) is 0 Å². The minimum absolute atomic E-state index is 0.122. The van der Waals surface area contributed by atoms with Crippen LogP contribution in [0.15, 0.2) is 0 Å². The minimum atomic E-state index is -2.97. The quantitative estimate of drug-likeness (QED) is 0.663. The molecule has 0 aromatic carbocycles. The molecule has 0 aromatic rings. The van der Waals surface area contributed by atoms with E-state index in [1.165, 1.54) is 0 Å². The van der Waals surface area contributed by atoms with E-state index >= 15 is 0 Å². The van der Waals surface area contributed by atoms with Gasteiger partial charge in [-0.15, -0.1) is 0 Å². The highest BCUT2D eigenvalue weighted by Gasteiger charge is 2.40. The predicted molar refractivity (Wildman–Crippen MR) is 51.1 cm³/mol. The van der Waals surface area contributed by atoms with Crippen LogP contribution in [0.25, 0.3) is 0 Å². The largest absolute Gasteiger partial charge is 0.394 e. The van der Waals surface area contributed by atoms with Crippen LogP contribution in [0.4, 0.5) is 0 Å². The number of rotatable bonds is 3. The maximum Gasteiger partial charge on any atom is 0.152 e. The normalized spacial score (nSPS) is 35.2. The summed E-state index contributed by atoms with van der Waals surface area (Å²) in [6.45, 7) is 1.52. The lowest BCUT2D eigenvalue weighted by Crippen LogP contribution is -2.41. The van der Waals surface area contributed by atoms with E-state index in [2.05, 4.69) is 0 Å². The average molecular weight is 207 g/mol. The van der Waals surface area contributed by atoms with Gasteiger partial charge in [-0.3, -0.25) is 0 Å². The summed E-state index contributed by atoms with van der Waals surface area (Å²) >= 11 is 0. The molecule has 78 valence electrons. The summed E-state index contributed by atoms with van der Waals surface area (Å²) in [5, 5.41) is 8.62. The Kier molecular flexibility index (Phi) is 2.99. The summed E-state index contributed by atoms with van der Waals surface area (Å²) in [5.41, 5.74) is 5.13. The van der Waals surface area contributed by atoms with E-state index in [-0.39, 0.29) is 17.6 Å². The third-order valence-corrected chi connectivity index (χ3v) is 5.05. The molecular formula is C8H17NO3S. The first-order chi connectivity index (χ1) is 5.93. The van der Waals surface area contributed by atoms with E-state index in [4.69, 9.17) is 10.8 Å². The maximum absolute atomic E-state index is 11.5. The fourth-order valence-electron chi connectivity index (χ4n) is 1.79. The standard InChI is InChI=1S/C8H17NO3S/c1-2-13(11,12)7-3-4-8(9,5-7)6-10/h7,10H,2-6,9H2,1H3/t7-,8-/m1/s1. The molecule has 0 aromatic heterocycles. The van der Waals surface area contributed by atoms with Crippen LogP contribution in [-0.4, -0.2) is 36.7 Å². The number of aliphatic hydroxyl groups is 1. The van der Waals surface area contributed by atoms with Crippen LogP contribution in [0.3, 0.4) is 0 Å². The fourth-order valence-corrected chi connectivity index (χ4v) is 3.33. The van der Waals surface area contributed by atoms with Crippen molar-refractivity contribution in [2.45, 2.75) is 37.0 Å². The van der Waals surface area contributed by atoms with Gasteiger partial charge in [0.1, 0.15) is 0 Å². The molecule has 1 aliphatic rings. The second kappa shape index (κ2) is 3.55. The Morgan fingerprint density at radius 1 is 1.62 bits per heavy atom. The van der Waals surface area contributed by atoms with Crippen LogP contribution >= 0.6 is 0 Å². The van der Waals surface area contributed by atoms with Crippen molar-refractivity contribution >= 4 is 9.84 Å². The highest BCUT2D eigenvalue weighted by atomic mass is 32.2. The first-order valence-corrected chi connectivity index (χ1v) is 6.26. The molecule has 0 radical (unpaired) electrons. The van der Waals surface area contributed by atoms with Crippen molar-refractivity contribution in [3.05, 3.63) is 0 Å². The van der Waals surface area contributed by atoms with E-state index in [1.54, 1.807) is 6.92 Å². The molecule has 1 saturated carbocycles. The molecule has 1 aliphatic carbocycles. The molecular weight excluding hydrogens is 190 g/mol. The monoisotopic (exact) mass is 207 g/mol. The third kappa shape index (κ3) is 2.21. The summed E-state index contributed by atoms with van der Waals surface area (Å²) < 4.78 is 22.9. The SMILES string of the molecule is CCS(=O)(=O)[C@@H]1CC[C@](N)(CO)C1. The predicted octanol–water partition coefficient (Wildman–Crippen LogP) is -0.337. The second-order valence-electron chi connectivity index (χ2n) is 3.84. The van der Waals surface area contributed by atoms with Gasteiger partial charge in [0.2, 0.25) is 0 Å². The molecule has 0 aliphatic heterocycles. The molecule has 13 heavy (non-hydrogen) atoms. The average Bonchev–Trinajstić information content (AvgIpc) is 2.50. The summed E-state index contributed by atoms with van der Waals surface area (Å²) in [6, 6.07) is 0. The Hall–Kier alpha value is -0.130. The summed E-state index contributed by atoms with van der Waals surface area (Å²) in [5.74, 6) is 0.166. The number of hydrogen-bond acceptors (Lipinski definition) is 4. The molecule has 1 rings (SSSR count). The Morgan fingerprint density at radius 3 is 2.62 bits per heavy atom. The lowest BCUT2D eigenvalue weighted by Gasteiger charge is -2.20. The number of sulfone groups is 1. The number of hydrogen-bond donors (Lipinski definition) is 2. The minimum Gasteiger partial charge on any atom is -0.394 e. The van der Waals surface area contributed by atoms with Crippen LogP contribution in [0.2, 0.25) is 0 Å². The molecule has 0 amide bonds. The van der Waals surface area contributed by atoms with Gasteiger partial charge < -0.3 is 10.8 Å². The van der Waals surface area contributed by atoms with Gasteiger partial charge >= 0.3 is 0 Å². The molecule has 1 fully saturated rings. The van der Waals surface area contributed by atoms with Crippen molar-refractivity contribution in [2.75, 3.05) is 12.4 Å². The second-order valence-corrected chi connectivity index (χ2v) is 6.41.